The first-order valence-corrected chi connectivity index (χ1v) is 5.94. The fourth-order valence-electron chi connectivity index (χ4n) is 1.49. The maximum Gasteiger partial charge on any atom is 0.338 e. The van der Waals surface area contributed by atoms with Gasteiger partial charge in [-0.15, -0.1) is 0 Å². The van der Waals surface area contributed by atoms with Gasteiger partial charge < -0.3 is 15.2 Å². The molecule has 0 aliphatic rings. The predicted octanol–water partition coefficient (Wildman–Crippen LogP) is 1.01. The quantitative estimate of drug-likeness (QED) is 0.302. The second-order valence-electron chi connectivity index (χ2n) is 3.76. The molecule has 0 heterocycles. The summed E-state index contributed by atoms with van der Waals surface area (Å²) in [7, 11) is 1.33. The molecule has 0 unspecified atom stereocenters. The highest BCUT2D eigenvalue weighted by Crippen LogP contribution is 2.22. The maximum atomic E-state index is 11.7. The number of carbonyl (C=O) groups excluding carboxylic acids is 1. The van der Waals surface area contributed by atoms with Crippen molar-refractivity contribution in [3.8, 4) is 6.07 Å². The van der Waals surface area contributed by atoms with E-state index >= 15 is 0 Å². The lowest BCUT2D eigenvalue weighted by Gasteiger charge is -2.28. The molecule has 0 rings (SSSR count). The van der Waals surface area contributed by atoms with Gasteiger partial charge in [0.1, 0.15) is 12.4 Å². The summed E-state index contributed by atoms with van der Waals surface area (Å²) in [5, 5.41) is 8.37. The highest BCUT2D eigenvalue weighted by atomic mass is 16.6. The molecule has 0 saturated carbocycles. The summed E-state index contributed by atoms with van der Waals surface area (Å²) in [5.74, 6) is -0.127. The molecule has 0 radical (unpaired) electrons. The molecule has 0 spiro atoms. The third-order valence-electron chi connectivity index (χ3n) is 2.73. The standard InChI is InChI=1S/C12H21N3O3/c1-4-12(5-2,11(16)17-3)18-9-10(14)15-8-6-7-13/h4-6,8-9H2,1-3H3,(H2,14,15). The third kappa shape index (κ3) is 4.72. The molecule has 0 aliphatic heterocycles. The summed E-state index contributed by atoms with van der Waals surface area (Å²) in [6, 6.07) is 1.97. The molecule has 0 saturated heterocycles. The highest BCUT2D eigenvalue weighted by Gasteiger charge is 2.37. The summed E-state index contributed by atoms with van der Waals surface area (Å²) >= 11 is 0. The Kier molecular flexibility index (Phi) is 7.72. The average molecular weight is 255 g/mol. The van der Waals surface area contributed by atoms with Crippen molar-refractivity contribution in [3.63, 3.8) is 0 Å². The molecular weight excluding hydrogens is 234 g/mol. The maximum absolute atomic E-state index is 11.7. The summed E-state index contributed by atoms with van der Waals surface area (Å²) in [6.45, 7) is 4.10. The Bertz CT molecular complexity index is 330. The van der Waals surface area contributed by atoms with Crippen LogP contribution in [0.2, 0.25) is 0 Å². The molecule has 2 N–H and O–H groups in total. The first kappa shape index (κ1) is 16.4. The Labute approximate surface area is 108 Å². The number of hydrogen-bond donors (Lipinski definition) is 1. The SMILES string of the molecule is CCC(CC)(OCC(N)=NCCC#N)C(=O)OC. The summed E-state index contributed by atoms with van der Waals surface area (Å²) < 4.78 is 10.3. The van der Waals surface area contributed by atoms with Crippen LogP contribution in [0.25, 0.3) is 0 Å². The van der Waals surface area contributed by atoms with Crippen LogP contribution in [0.5, 0.6) is 0 Å². The lowest BCUT2D eigenvalue weighted by Crippen LogP contribution is -2.43. The van der Waals surface area contributed by atoms with E-state index < -0.39 is 11.6 Å². The number of nitrogens with zero attached hydrogens (tertiary/aromatic N) is 2. The number of ether oxygens (including phenoxy) is 2. The smallest absolute Gasteiger partial charge is 0.338 e. The van der Waals surface area contributed by atoms with Gasteiger partial charge in [0.15, 0.2) is 5.60 Å². The number of amidine groups is 1. The van der Waals surface area contributed by atoms with E-state index in [0.29, 0.717) is 25.8 Å². The topological polar surface area (TPSA) is 97.7 Å². The van der Waals surface area contributed by atoms with Gasteiger partial charge in [0, 0.05) is 0 Å². The molecular formula is C12H21N3O3. The van der Waals surface area contributed by atoms with E-state index in [-0.39, 0.29) is 12.4 Å². The number of nitriles is 1. The summed E-state index contributed by atoms with van der Waals surface area (Å²) in [6.07, 6.45) is 1.31. The van der Waals surface area contributed by atoms with Gasteiger partial charge in [-0.1, -0.05) is 13.8 Å². The Hall–Kier alpha value is -1.61. The lowest BCUT2D eigenvalue weighted by atomic mass is 9.97. The molecule has 0 aliphatic carbocycles. The Morgan fingerprint density at radius 1 is 1.44 bits per heavy atom. The van der Waals surface area contributed by atoms with Crippen LogP contribution < -0.4 is 5.73 Å². The summed E-state index contributed by atoms with van der Waals surface area (Å²) in [4.78, 5) is 15.7. The van der Waals surface area contributed by atoms with E-state index in [9.17, 15) is 4.79 Å². The Morgan fingerprint density at radius 2 is 2.06 bits per heavy atom. The molecule has 102 valence electrons. The molecule has 6 heteroatoms. The molecule has 0 fully saturated rings. The molecule has 0 aromatic heterocycles. The van der Waals surface area contributed by atoms with Gasteiger partial charge in [0.25, 0.3) is 0 Å². The molecule has 0 atom stereocenters. The van der Waals surface area contributed by atoms with E-state index in [0.717, 1.165) is 0 Å². The van der Waals surface area contributed by atoms with E-state index in [1.54, 1.807) is 0 Å². The van der Waals surface area contributed by atoms with Crippen molar-refractivity contribution >= 4 is 11.8 Å². The van der Waals surface area contributed by atoms with Crippen molar-refractivity contribution < 1.29 is 14.3 Å². The van der Waals surface area contributed by atoms with Crippen molar-refractivity contribution in [3.05, 3.63) is 0 Å². The van der Waals surface area contributed by atoms with Crippen LogP contribution in [0.1, 0.15) is 33.1 Å². The normalized spacial score (nSPS) is 12.0. The van der Waals surface area contributed by atoms with Crippen molar-refractivity contribution in [1.82, 2.24) is 0 Å². The monoisotopic (exact) mass is 255 g/mol. The minimum absolute atomic E-state index is 0.0577. The van der Waals surface area contributed by atoms with E-state index in [1.807, 2.05) is 19.9 Å². The molecule has 0 amide bonds. The van der Waals surface area contributed by atoms with Crippen LogP contribution in [-0.4, -0.2) is 37.7 Å². The second-order valence-corrected chi connectivity index (χ2v) is 3.76. The van der Waals surface area contributed by atoms with Crippen LogP contribution >= 0.6 is 0 Å². The Morgan fingerprint density at radius 3 is 2.50 bits per heavy atom. The number of rotatable bonds is 8. The number of carbonyl (C=O) groups is 1. The van der Waals surface area contributed by atoms with Crippen molar-refractivity contribution in [2.24, 2.45) is 10.7 Å². The zero-order valence-corrected chi connectivity index (χ0v) is 11.2. The minimum Gasteiger partial charge on any atom is -0.467 e. The van der Waals surface area contributed by atoms with Crippen molar-refractivity contribution in [2.45, 2.75) is 38.7 Å². The zero-order chi connectivity index (χ0) is 14.0. The number of methoxy groups -OCH3 is 1. The number of hydrogen-bond acceptors (Lipinski definition) is 5. The average Bonchev–Trinajstić information content (AvgIpc) is 2.40. The largest absolute Gasteiger partial charge is 0.467 e. The van der Waals surface area contributed by atoms with Gasteiger partial charge in [-0.3, -0.25) is 4.99 Å². The van der Waals surface area contributed by atoms with Crippen molar-refractivity contribution in [1.29, 1.82) is 5.26 Å². The highest BCUT2D eigenvalue weighted by molar-refractivity contribution is 5.83. The molecule has 18 heavy (non-hydrogen) atoms. The van der Waals surface area contributed by atoms with Gasteiger partial charge in [0.05, 0.1) is 26.1 Å². The van der Waals surface area contributed by atoms with Crippen LogP contribution in [0.4, 0.5) is 0 Å². The molecule has 0 aromatic carbocycles. The summed E-state index contributed by atoms with van der Waals surface area (Å²) in [5.41, 5.74) is 4.67. The van der Waals surface area contributed by atoms with E-state index in [4.69, 9.17) is 20.5 Å². The van der Waals surface area contributed by atoms with E-state index in [1.165, 1.54) is 7.11 Å². The fraction of sp³-hybridized carbons (Fsp3) is 0.750. The fourth-order valence-corrected chi connectivity index (χ4v) is 1.49. The van der Waals surface area contributed by atoms with Gasteiger partial charge in [-0.2, -0.15) is 5.26 Å². The first-order valence-electron chi connectivity index (χ1n) is 5.94. The molecule has 6 nitrogen and oxygen atoms in total. The van der Waals surface area contributed by atoms with Crippen LogP contribution in [0.3, 0.4) is 0 Å². The molecule has 0 aromatic rings. The van der Waals surface area contributed by atoms with Gasteiger partial charge in [-0.05, 0) is 12.8 Å². The van der Waals surface area contributed by atoms with E-state index in [2.05, 4.69) is 4.99 Å². The second kappa shape index (κ2) is 8.48. The van der Waals surface area contributed by atoms with Gasteiger partial charge in [0.2, 0.25) is 0 Å². The van der Waals surface area contributed by atoms with Crippen LogP contribution in [-0.2, 0) is 14.3 Å². The van der Waals surface area contributed by atoms with Gasteiger partial charge >= 0.3 is 5.97 Å². The third-order valence-corrected chi connectivity index (χ3v) is 2.73. The van der Waals surface area contributed by atoms with Gasteiger partial charge in [-0.25, -0.2) is 4.79 Å². The predicted molar refractivity (Wildman–Crippen MR) is 68.0 cm³/mol. The number of esters is 1. The van der Waals surface area contributed by atoms with Crippen LogP contribution in [0.15, 0.2) is 4.99 Å². The Balaban J connectivity index is 4.49. The molecule has 0 bridgehead atoms. The first-order chi connectivity index (χ1) is 8.56. The minimum atomic E-state index is -0.968. The van der Waals surface area contributed by atoms with Crippen molar-refractivity contribution in [2.75, 3.05) is 20.3 Å². The lowest BCUT2D eigenvalue weighted by molar-refractivity contribution is -0.168. The number of nitrogens with two attached hydrogens (primary N) is 1. The van der Waals surface area contributed by atoms with Crippen LogP contribution in [0, 0.1) is 11.3 Å². The zero-order valence-electron chi connectivity index (χ0n) is 11.2. The number of aliphatic imine (C=N–C) groups is 1.